The number of H-pyrrole nitrogens is 1. The van der Waals surface area contributed by atoms with Crippen molar-refractivity contribution in [3.8, 4) is 0 Å². The van der Waals surface area contributed by atoms with Gasteiger partial charge >= 0.3 is 0 Å². The van der Waals surface area contributed by atoms with Crippen LogP contribution in [0.3, 0.4) is 0 Å². The summed E-state index contributed by atoms with van der Waals surface area (Å²) in [5, 5.41) is 2.47. The molecule has 0 aliphatic carbocycles. The van der Waals surface area contributed by atoms with Crippen molar-refractivity contribution in [2.24, 2.45) is 0 Å². The Morgan fingerprint density at radius 1 is 1.35 bits per heavy atom. The Kier molecular flexibility index (Phi) is 2.87. The Morgan fingerprint density at radius 3 is 2.88 bits per heavy atom. The van der Waals surface area contributed by atoms with E-state index in [0.29, 0.717) is 11.3 Å². The number of hydrogen-bond donors (Lipinski definition) is 3. The number of anilines is 2. The molecule has 0 atom stereocenters. The summed E-state index contributed by atoms with van der Waals surface area (Å²) in [6.45, 7) is 0. The summed E-state index contributed by atoms with van der Waals surface area (Å²) < 4.78 is 0. The van der Waals surface area contributed by atoms with Crippen LogP contribution in [0, 0.1) is 0 Å². The van der Waals surface area contributed by atoms with Crippen LogP contribution in [0.15, 0.2) is 41.3 Å². The molecule has 0 bridgehead atoms. The van der Waals surface area contributed by atoms with Crippen LogP contribution < -0.4 is 16.6 Å². The van der Waals surface area contributed by atoms with Crippen molar-refractivity contribution in [2.45, 2.75) is 0 Å². The van der Waals surface area contributed by atoms with E-state index in [1.165, 1.54) is 18.3 Å². The third kappa shape index (κ3) is 2.69. The first-order chi connectivity index (χ1) is 8.15. The summed E-state index contributed by atoms with van der Waals surface area (Å²) in [5.74, 6) is -0.281. The normalized spacial score (nSPS) is 9.88. The van der Waals surface area contributed by atoms with E-state index in [0.717, 1.165) is 0 Å². The minimum atomic E-state index is -0.383. The summed E-state index contributed by atoms with van der Waals surface area (Å²) in [6.07, 6.45) is 1.31. The molecule has 6 nitrogen and oxygen atoms in total. The number of amides is 1. The van der Waals surface area contributed by atoms with Crippen LogP contribution in [-0.2, 0) is 0 Å². The highest BCUT2D eigenvalue weighted by atomic mass is 16.2. The lowest BCUT2D eigenvalue weighted by atomic mass is 10.2. The lowest BCUT2D eigenvalue weighted by Crippen LogP contribution is -2.17. The largest absolute Gasteiger partial charge is 0.399 e. The van der Waals surface area contributed by atoms with Gasteiger partial charge in [0.15, 0.2) is 0 Å². The molecule has 0 aliphatic rings. The Morgan fingerprint density at radius 2 is 2.18 bits per heavy atom. The maximum atomic E-state index is 11.7. The molecule has 1 aromatic heterocycles. The molecule has 0 unspecified atom stereocenters. The van der Waals surface area contributed by atoms with Crippen molar-refractivity contribution in [1.29, 1.82) is 0 Å². The van der Waals surface area contributed by atoms with Gasteiger partial charge in [0.1, 0.15) is 0 Å². The SMILES string of the molecule is Nc1cccc(C(=O)Nc2nccc(=O)[nH]2)c1. The molecule has 1 amide bonds. The highest BCUT2D eigenvalue weighted by Gasteiger charge is 2.06. The van der Waals surface area contributed by atoms with Gasteiger partial charge in [-0.05, 0) is 18.2 Å². The molecule has 86 valence electrons. The first-order valence-electron chi connectivity index (χ1n) is 4.87. The van der Waals surface area contributed by atoms with Gasteiger partial charge in [-0.3, -0.25) is 19.9 Å². The molecule has 6 heteroatoms. The fourth-order valence-corrected chi connectivity index (χ4v) is 1.29. The van der Waals surface area contributed by atoms with E-state index in [2.05, 4.69) is 15.3 Å². The number of nitrogen functional groups attached to an aromatic ring is 1. The zero-order chi connectivity index (χ0) is 12.3. The third-order valence-electron chi connectivity index (χ3n) is 2.05. The van der Waals surface area contributed by atoms with E-state index in [4.69, 9.17) is 5.73 Å². The van der Waals surface area contributed by atoms with Crippen LogP contribution in [-0.4, -0.2) is 15.9 Å². The van der Waals surface area contributed by atoms with Gasteiger partial charge in [0.2, 0.25) is 5.95 Å². The number of nitrogens with zero attached hydrogens (tertiary/aromatic N) is 1. The lowest BCUT2D eigenvalue weighted by molar-refractivity contribution is 0.102. The van der Waals surface area contributed by atoms with E-state index >= 15 is 0 Å². The molecule has 17 heavy (non-hydrogen) atoms. The quantitative estimate of drug-likeness (QED) is 0.657. The summed E-state index contributed by atoms with van der Waals surface area (Å²) in [5.41, 5.74) is 6.12. The van der Waals surface area contributed by atoms with E-state index in [1.54, 1.807) is 18.2 Å². The predicted octanol–water partition coefficient (Wildman–Crippen LogP) is 0.604. The zero-order valence-electron chi connectivity index (χ0n) is 8.81. The number of nitrogens with two attached hydrogens (primary N) is 1. The molecule has 0 spiro atoms. The highest BCUT2D eigenvalue weighted by molar-refractivity contribution is 6.03. The second-order valence-electron chi connectivity index (χ2n) is 3.36. The standard InChI is InChI=1S/C11H10N4O2/c12-8-3-1-2-7(6-8)10(17)15-11-13-5-4-9(16)14-11/h1-6H,12H2,(H2,13,14,15,16,17). The predicted molar refractivity (Wildman–Crippen MR) is 63.7 cm³/mol. The Labute approximate surface area is 96.5 Å². The molecule has 0 saturated carbocycles. The summed E-state index contributed by atoms with van der Waals surface area (Å²) >= 11 is 0. The van der Waals surface area contributed by atoms with Gasteiger partial charge in [-0.1, -0.05) is 6.07 Å². The monoisotopic (exact) mass is 230 g/mol. The van der Waals surface area contributed by atoms with Crippen molar-refractivity contribution in [3.05, 3.63) is 52.4 Å². The van der Waals surface area contributed by atoms with Gasteiger partial charge in [0.05, 0.1) is 0 Å². The average molecular weight is 230 g/mol. The summed E-state index contributed by atoms with van der Waals surface area (Å²) in [7, 11) is 0. The molecule has 0 fully saturated rings. The highest BCUT2D eigenvalue weighted by Crippen LogP contribution is 2.07. The molecule has 4 N–H and O–H groups in total. The van der Waals surface area contributed by atoms with Crippen LogP contribution in [0.4, 0.5) is 11.6 Å². The molecule has 0 saturated heterocycles. The molecule has 0 radical (unpaired) electrons. The molecule has 0 aliphatic heterocycles. The number of hydrogen-bond acceptors (Lipinski definition) is 4. The Bertz CT molecular complexity index is 606. The van der Waals surface area contributed by atoms with E-state index in [-0.39, 0.29) is 17.4 Å². The average Bonchev–Trinajstić information content (AvgIpc) is 2.29. The fraction of sp³-hybridized carbons (Fsp3) is 0. The maximum absolute atomic E-state index is 11.7. The number of carbonyl (C=O) groups excluding carboxylic acids is 1. The third-order valence-corrected chi connectivity index (χ3v) is 2.05. The Balaban J connectivity index is 2.20. The summed E-state index contributed by atoms with van der Waals surface area (Å²) in [4.78, 5) is 28.9. The van der Waals surface area contributed by atoms with Crippen LogP contribution >= 0.6 is 0 Å². The first-order valence-corrected chi connectivity index (χ1v) is 4.87. The van der Waals surface area contributed by atoms with Crippen molar-refractivity contribution < 1.29 is 4.79 Å². The number of carbonyl (C=O) groups is 1. The van der Waals surface area contributed by atoms with E-state index in [9.17, 15) is 9.59 Å². The number of rotatable bonds is 2. The zero-order valence-corrected chi connectivity index (χ0v) is 8.81. The van der Waals surface area contributed by atoms with E-state index in [1.807, 2.05) is 0 Å². The van der Waals surface area contributed by atoms with Crippen molar-refractivity contribution >= 4 is 17.5 Å². The van der Waals surface area contributed by atoms with Gasteiger partial charge in [0.25, 0.3) is 11.5 Å². The van der Waals surface area contributed by atoms with Crippen LogP contribution in [0.25, 0.3) is 0 Å². The van der Waals surface area contributed by atoms with Gasteiger partial charge in [-0.15, -0.1) is 0 Å². The molecular formula is C11H10N4O2. The molecule has 2 aromatic rings. The molecule has 1 heterocycles. The van der Waals surface area contributed by atoms with Crippen LogP contribution in [0.1, 0.15) is 10.4 Å². The van der Waals surface area contributed by atoms with Gasteiger partial charge in [0, 0.05) is 23.5 Å². The topological polar surface area (TPSA) is 101 Å². The molecular weight excluding hydrogens is 220 g/mol. The van der Waals surface area contributed by atoms with Crippen molar-refractivity contribution in [3.63, 3.8) is 0 Å². The summed E-state index contributed by atoms with van der Waals surface area (Å²) in [6, 6.07) is 7.77. The fourth-order valence-electron chi connectivity index (χ4n) is 1.29. The second kappa shape index (κ2) is 4.48. The molecule has 1 aromatic carbocycles. The first kappa shape index (κ1) is 10.9. The second-order valence-corrected chi connectivity index (χ2v) is 3.36. The van der Waals surface area contributed by atoms with Gasteiger partial charge in [-0.25, -0.2) is 4.98 Å². The molecule has 2 rings (SSSR count). The van der Waals surface area contributed by atoms with Gasteiger partial charge in [-0.2, -0.15) is 0 Å². The maximum Gasteiger partial charge on any atom is 0.258 e. The van der Waals surface area contributed by atoms with Crippen molar-refractivity contribution in [1.82, 2.24) is 9.97 Å². The van der Waals surface area contributed by atoms with Crippen LogP contribution in [0.5, 0.6) is 0 Å². The number of nitrogens with one attached hydrogen (secondary N) is 2. The number of benzene rings is 1. The minimum absolute atomic E-state index is 0.102. The smallest absolute Gasteiger partial charge is 0.258 e. The van der Waals surface area contributed by atoms with Crippen molar-refractivity contribution in [2.75, 3.05) is 11.1 Å². The number of aromatic amines is 1. The Hall–Kier alpha value is -2.63. The lowest BCUT2D eigenvalue weighted by Gasteiger charge is -2.03. The van der Waals surface area contributed by atoms with E-state index < -0.39 is 0 Å². The number of aromatic nitrogens is 2. The van der Waals surface area contributed by atoms with Crippen LogP contribution in [0.2, 0.25) is 0 Å². The minimum Gasteiger partial charge on any atom is -0.399 e. The van der Waals surface area contributed by atoms with Gasteiger partial charge < -0.3 is 5.73 Å².